The van der Waals surface area contributed by atoms with Crippen LogP contribution in [0.1, 0.15) is 26.5 Å². The molecule has 0 saturated heterocycles. The molecule has 2 N–H and O–H groups in total. The van der Waals surface area contributed by atoms with Crippen molar-refractivity contribution in [1.82, 2.24) is 5.32 Å². The topological polar surface area (TPSA) is 75.6 Å². The second kappa shape index (κ2) is 7.61. The molecule has 0 atom stereocenters. The molecule has 0 fully saturated rings. The van der Waals surface area contributed by atoms with E-state index in [0.717, 1.165) is 16.2 Å². The molecular formula is C16H17NO4S. The van der Waals surface area contributed by atoms with Gasteiger partial charge in [0, 0.05) is 11.3 Å². The zero-order valence-electron chi connectivity index (χ0n) is 12.2. The highest BCUT2D eigenvalue weighted by Gasteiger charge is 2.08. The minimum absolute atomic E-state index is 0.0619. The Balaban J connectivity index is 1.78. The molecule has 116 valence electrons. The van der Waals surface area contributed by atoms with Crippen LogP contribution < -0.4 is 10.1 Å². The largest absolute Gasteiger partial charge is 0.497 e. The van der Waals surface area contributed by atoms with E-state index in [2.05, 4.69) is 5.32 Å². The van der Waals surface area contributed by atoms with Gasteiger partial charge in [-0.3, -0.25) is 4.79 Å². The number of rotatable bonds is 7. The Labute approximate surface area is 132 Å². The Morgan fingerprint density at radius 2 is 2.09 bits per heavy atom. The SMILES string of the molecule is COc1cccc(CCC(=O)NCc2ccc(C(=O)O)s2)c1. The first-order chi connectivity index (χ1) is 10.6. The zero-order chi connectivity index (χ0) is 15.9. The van der Waals surface area contributed by atoms with E-state index in [-0.39, 0.29) is 10.8 Å². The van der Waals surface area contributed by atoms with Crippen molar-refractivity contribution in [2.75, 3.05) is 7.11 Å². The number of methoxy groups -OCH3 is 1. The van der Waals surface area contributed by atoms with Crippen LogP contribution in [0.15, 0.2) is 36.4 Å². The van der Waals surface area contributed by atoms with Gasteiger partial charge in [-0.1, -0.05) is 12.1 Å². The lowest BCUT2D eigenvalue weighted by molar-refractivity contribution is -0.121. The Hall–Kier alpha value is -2.34. The number of carboxylic acids is 1. The maximum Gasteiger partial charge on any atom is 0.345 e. The highest BCUT2D eigenvalue weighted by atomic mass is 32.1. The van der Waals surface area contributed by atoms with E-state index in [1.54, 1.807) is 19.2 Å². The molecule has 6 heteroatoms. The van der Waals surface area contributed by atoms with Crippen LogP contribution in [0.5, 0.6) is 5.75 Å². The van der Waals surface area contributed by atoms with E-state index in [1.807, 2.05) is 24.3 Å². The van der Waals surface area contributed by atoms with Crippen molar-refractivity contribution in [2.24, 2.45) is 0 Å². The fourth-order valence-electron chi connectivity index (χ4n) is 1.95. The molecule has 0 spiro atoms. The predicted octanol–water partition coefficient (Wildman–Crippen LogP) is 2.70. The van der Waals surface area contributed by atoms with Crippen LogP contribution in [0.4, 0.5) is 0 Å². The lowest BCUT2D eigenvalue weighted by Gasteiger charge is -2.05. The Morgan fingerprint density at radius 3 is 2.77 bits per heavy atom. The number of aryl methyl sites for hydroxylation is 1. The fourth-order valence-corrected chi connectivity index (χ4v) is 2.73. The van der Waals surface area contributed by atoms with E-state index in [4.69, 9.17) is 9.84 Å². The smallest absolute Gasteiger partial charge is 0.345 e. The monoisotopic (exact) mass is 319 g/mol. The van der Waals surface area contributed by atoms with E-state index in [1.165, 1.54) is 11.3 Å². The van der Waals surface area contributed by atoms with Gasteiger partial charge in [0.1, 0.15) is 10.6 Å². The molecule has 1 amide bonds. The van der Waals surface area contributed by atoms with Crippen molar-refractivity contribution in [2.45, 2.75) is 19.4 Å². The zero-order valence-corrected chi connectivity index (χ0v) is 13.0. The summed E-state index contributed by atoms with van der Waals surface area (Å²) in [6, 6.07) is 10.9. The third-order valence-corrected chi connectivity index (χ3v) is 4.18. The molecule has 2 rings (SSSR count). The van der Waals surface area contributed by atoms with E-state index < -0.39 is 5.97 Å². The molecule has 1 aromatic heterocycles. The second-order valence-corrected chi connectivity index (χ2v) is 5.87. The first-order valence-corrected chi connectivity index (χ1v) is 7.62. The summed E-state index contributed by atoms with van der Waals surface area (Å²) in [7, 11) is 1.61. The highest BCUT2D eigenvalue weighted by Crippen LogP contribution is 2.16. The molecule has 1 heterocycles. The van der Waals surface area contributed by atoms with Gasteiger partial charge in [0.15, 0.2) is 0 Å². The van der Waals surface area contributed by atoms with Gasteiger partial charge < -0.3 is 15.2 Å². The van der Waals surface area contributed by atoms with Crippen molar-refractivity contribution in [3.8, 4) is 5.75 Å². The molecule has 0 saturated carbocycles. The van der Waals surface area contributed by atoms with Crippen molar-refractivity contribution in [1.29, 1.82) is 0 Å². The van der Waals surface area contributed by atoms with Gasteiger partial charge in [0.05, 0.1) is 13.7 Å². The maximum atomic E-state index is 11.8. The third-order valence-electron chi connectivity index (χ3n) is 3.11. The number of hydrogen-bond donors (Lipinski definition) is 2. The van der Waals surface area contributed by atoms with Crippen LogP contribution in [-0.2, 0) is 17.8 Å². The average Bonchev–Trinajstić information content (AvgIpc) is 3.00. The van der Waals surface area contributed by atoms with Gasteiger partial charge in [-0.2, -0.15) is 0 Å². The van der Waals surface area contributed by atoms with E-state index in [0.29, 0.717) is 19.4 Å². The Morgan fingerprint density at radius 1 is 1.27 bits per heavy atom. The highest BCUT2D eigenvalue weighted by molar-refractivity contribution is 7.13. The number of carbonyl (C=O) groups is 2. The molecule has 0 bridgehead atoms. The molecule has 22 heavy (non-hydrogen) atoms. The maximum absolute atomic E-state index is 11.8. The summed E-state index contributed by atoms with van der Waals surface area (Å²) in [5.74, 6) is -0.230. The standard InChI is InChI=1S/C16H17NO4S/c1-21-12-4-2-3-11(9-12)5-8-15(18)17-10-13-6-7-14(22-13)16(19)20/h2-4,6-7,9H,5,8,10H2,1H3,(H,17,18)(H,19,20). The van der Waals surface area contributed by atoms with Crippen LogP contribution in [-0.4, -0.2) is 24.1 Å². The predicted molar refractivity (Wildman–Crippen MR) is 84.4 cm³/mol. The molecule has 5 nitrogen and oxygen atoms in total. The Bertz CT molecular complexity index is 666. The summed E-state index contributed by atoms with van der Waals surface area (Å²) in [6.07, 6.45) is 1.01. The van der Waals surface area contributed by atoms with Crippen LogP contribution in [0.3, 0.4) is 0 Å². The number of aromatic carboxylic acids is 1. The van der Waals surface area contributed by atoms with Crippen LogP contribution in [0.25, 0.3) is 0 Å². The minimum atomic E-state index is -0.944. The number of carboxylic acid groups (broad SMARTS) is 1. The summed E-state index contributed by atoms with van der Waals surface area (Å²) in [5.41, 5.74) is 1.04. The van der Waals surface area contributed by atoms with Crippen molar-refractivity contribution in [3.05, 3.63) is 51.7 Å². The molecular weight excluding hydrogens is 302 g/mol. The molecule has 2 aromatic rings. The molecule has 0 aliphatic rings. The van der Waals surface area contributed by atoms with Crippen LogP contribution in [0, 0.1) is 0 Å². The van der Waals surface area contributed by atoms with Crippen LogP contribution in [0.2, 0.25) is 0 Å². The van der Waals surface area contributed by atoms with Gasteiger partial charge in [0.25, 0.3) is 0 Å². The van der Waals surface area contributed by atoms with Crippen molar-refractivity contribution < 1.29 is 19.4 Å². The quantitative estimate of drug-likeness (QED) is 0.823. The van der Waals surface area contributed by atoms with E-state index >= 15 is 0 Å². The Kier molecular flexibility index (Phi) is 5.55. The van der Waals surface area contributed by atoms with Gasteiger partial charge in [-0.25, -0.2) is 4.79 Å². The first kappa shape index (κ1) is 16.0. The van der Waals surface area contributed by atoms with Crippen molar-refractivity contribution >= 4 is 23.2 Å². The number of benzene rings is 1. The summed E-state index contributed by atoms with van der Waals surface area (Å²) in [5, 5.41) is 11.6. The fraction of sp³-hybridized carbons (Fsp3) is 0.250. The number of nitrogens with one attached hydrogen (secondary N) is 1. The summed E-state index contributed by atoms with van der Waals surface area (Å²) < 4.78 is 5.14. The van der Waals surface area contributed by atoms with Gasteiger partial charge >= 0.3 is 5.97 Å². The summed E-state index contributed by atoms with van der Waals surface area (Å²) in [6.45, 7) is 0.356. The molecule has 0 aliphatic heterocycles. The van der Waals surface area contributed by atoms with Gasteiger partial charge in [-0.05, 0) is 36.2 Å². The first-order valence-electron chi connectivity index (χ1n) is 6.80. The number of ether oxygens (including phenoxy) is 1. The van der Waals surface area contributed by atoms with Crippen molar-refractivity contribution in [3.63, 3.8) is 0 Å². The lowest BCUT2D eigenvalue weighted by atomic mass is 10.1. The molecule has 1 aromatic carbocycles. The normalized spacial score (nSPS) is 10.2. The van der Waals surface area contributed by atoms with Gasteiger partial charge in [0.2, 0.25) is 5.91 Å². The number of amides is 1. The third kappa shape index (κ3) is 4.60. The molecule has 0 radical (unpaired) electrons. The molecule has 0 unspecified atom stereocenters. The lowest BCUT2D eigenvalue weighted by Crippen LogP contribution is -2.22. The van der Waals surface area contributed by atoms with Crippen LogP contribution >= 0.6 is 11.3 Å². The summed E-state index contributed by atoms with van der Waals surface area (Å²) in [4.78, 5) is 23.7. The number of hydrogen-bond acceptors (Lipinski definition) is 4. The molecule has 0 aliphatic carbocycles. The number of carbonyl (C=O) groups excluding carboxylic acids is 1. The van der Waals surface area contributed by atoms with Gasteiger partial charge in [-0.15, -0.1) is 11.3 Å². The number of thiophene rings is 1. The second-order valence-electron chi connectivity index (χ2n) is 4.70. The van der Waals surface area contributed by atoms with E-state index in [9.17, 15) is 9.59 Å². The summed E-state index contributed by atoms with van der Waals surface area (Å²) >= 11 is 1.17. The average molecular weight is 319 g/mol. The minimum Gasteiger partial charge on any atom is -0.497 e.